The van der Waals surface area contributed by atoms with E-state index in [2.05, 4.69) is 5.32 Å². The molecule has 140 valence electrons. The summed E-state index contributed by atoms with van der Waals surface area (Å²) < 4.78 is 5.98. The third-order valence-electron chi connectivity index (χ3n) is 4.42. The molecular formula is C22H17NO4S. The third-order valence-corrected chi connectivity index (χ3v) is 5.69. The largest absolute Gasteiger partial charge is 0.478 e. The van der Waals surface area contributed by atoms with Crippen molar-refractivity contribution < 1.29 is 19.4 Å². The third kappa shape index (κ3) is 3.73. The number of amides is 1. The molecule has 1 aliphatic heterocycles. The predicted octanol–water partition coefficient (Wildman–Crippen LogP) is 4.95. The summed E-state index contributed by atoms with van der Waals surface area (Å²) in [4.78, 5) is 23.3. The molecule has 0 aromatic heterocycles. The van der Waals surface area contributed by atoms with Crippen molar-refractivity contribution in [2.24, 2.45) is 0 Å². The topological polar surface area (TPSA) is 75.6 Å². The van der Waals surface area contributed by atoms with Crippen LogP contribution in [0.4, 0.5) is 5.69 Å². The Bertz CT molecular complexity index is 987. The highest BCUT2D eigenvalue weighted by molar-refractivity contribution is 8.00. The number of carboxylic acids is 1. The molecule has 3 aromatic rings. The Kier molecular flexibility index (Phi) is 5.04. The fourth-order valence-electron chi connectivity index (χ4n) is 3.10. The molecule has 0 radical (unpaired) electrons. The smallest absolute Gasteiger partial charge is 0.335 e. The summed E-state index contributed by atoms with van der Waals surface area (Å²) in [7, 11) is 0. The molecule has 1 heterocycles. The van der Waals surface area contributed by atoms with E-state index in [1.807, 2.05) is 48.5 Å². The van der Waals surface area contributed by atoms with Crippen LogP contribution in [0.5, 0.6) is 11.5 Å². The molecule has 6 heteroatoms. The number of hydrogen-bond acceptors (Lipinski definition) is 4. The van der Waals surface area contributed by atoms with Crippen LogP contribution in [0.3, 0.4) is 0 Å². The number of para-hydroxylation sites is 2. The zero-order chi connectivity index (χ0) is 19.5. The second-order valence-corrected chi connectivity index (χ2v) is 7.39. The number of carboxylic acid groups (broad SMARTS) is 1. The highest BCUT2D eigenvalue weighted by Gasteiger charge is 2.27. The number of carbonyl (C=O) groups is 2. The summed E-state index contributed by atoms with van der Waals surface area (Å²) >= 11 is 1.53. The molecular weight excluding hydrogens is 374 g/mol. The molecule has 0 saturated heterocycles. The quantitative estimate of drug-likeness (QED) is 0.643. The zero-order valence-electron chi connectivity index (χ0n) is 14.8. The number of fused-ring (bicyclic) bond motifs is 2. The van der Waals surface area contributed by atoms with Crippen molar-refractivity contribution in [3.63, 3.8) is 0 Å². The molecule has 0 fully saturated rings. The Labute approximate surface area is 166 Å². The summed E-state index contributed by atoms with van der Waals surface area (Å²) in [6, 6.07) is 21.8. The maximum atomic E-state index is 12.4. The van der Waals surface area contributed by atoms with E-state index in [0.717, 1.165) is 22.6 Å². The lowest BCUT2D eigenvalue weighted by atomic mass is 10.00. The molecule has 0 saturated carbocycles. The summed E-state index contributed by atoms with van der Waals surface area (Å²) in [5.41, 5.74) is 2.85. The first-order valence-electron chi connectivity index (χ1n) is 8.72. The van der Waals surface area contributed by atoms with Gasteiger partial charge >= 0.3 is 5.97 Å². The molecule has 2 N–H and O–H groups in total. The molecule has 1 aliphatic rings. The van der Waals surface area contributed by atoms with E-state index < -0.39 is 5.97 Å². The van der Waals surface area contributed by atoms with E-state index in [1.54, 1.807) is 12.1 Å². The van der Waals surface area contributed by atoms with Crippen molar-refractivity contribution in [2.45, 2.75) is 5.25 Å². The van der Waals surface area contributed by atoms with Gasteiger partial charge in [-0.1, -0.05) is 36.4 Å². The van der Waals surface area contributed by atoms with Gasteiger partial charge in [-0.25, -0.2) is 4.79 Å². The highest BCUT2D eigenvalue weighted by atomic mass is 32.2. The number of aromatic carboxylic acids is 1. The average Bonchev–Trinajstić information content (AvgIpc) is 2.71. The van der Waals surface area contributed by atoms with Crippen LogP contribution >= 0.6 is 11.8 Å². The van der Waals surface area contributed by atoms with Gasteiger partial charge in [0.05, 0.1) is 16.6 Å². The van der Waals surface area contributed by atoms with E-state index >= 15 is 0 Å². The lowest BCUT2D eigenvalue weighted by Gasteiger charge is -2.27. The Morgan fingerprint density at radius 2 is 1.46 bits per heavy atom. The Balaban J connectivity index is 1.47. The second kappa shape index (κ2) is 7.78. The molecule has 0 unspecified atom stereocenters. The lowest BCUT2D eigenvalue weighted by molar-refractivity contribution is -0.113. The maximum absolute atomic E-state index is 12.4. The van der Waals surface area contributed by atoms with Gasteiger partial charge in [0.15, 0.2) is 0 Å². The summed E-state index contributed by atoms with van der Waals surface area (Å²) in [5.74, 6) is 0.736. The summed E-state index contributed by atoms with van der Waals surface area (Å²) in [6.07, 6.45) is 0. The van der Waals surface area contributed by atoms with Crippen molar-refractivity contribution in [3.05, 3.63) is 89.5 Å². The van der Waals surface area contributed by atoms with Crippen molar-refractivity contribution in [2.75, 3.05) is 11.1 Å². The molecule has 4 rings (SSSR count). The van der Waals surface area contributed by atoms with Gasteiger partial charge in [0.2, 0.25) is 5.91 Å². The Morgan fingerprint density at radius 1 is 0.893 bits per heavy atom. The first-order valence-corrected chi connectivity index (χ1v) is 9.77. The predicted molar refractivity (Wildman–Crippen MR) is 109 cm³/mol. The summed E-state index contributed by atoms with van der Waals surface area (Å²) in [5, 5.41) is 11.8. The van der Waals surface area contributed by atoms with Crippen LogP contribution in [-0.2, 0) is 4.79 Å². The minimum Gasteiger partial charge on any atom is -0.478 e. The van der Waals surface area contributed by atoms with E-state index in [-0.39, 0.29) is 22.5 Å². The van der Waals surface area contributed by atoms with Gasteiger partial charge in [-0.15, -0.1) is 11.8 Å². The number of ether oxygens (including phenoxy) is 1. The zero-order valence-corrected chi connectivity index (χ0v) is 15.6. The van der Waals surface area contributed by atoms with Crippen molar-refractivity contribution in [3.8, 4) is 11.5 Å². The fourth-order valence-corrected chi connectivity index (χ4v) is 4.24. The average molecular weight is 391 g/mol. The normalized spacial score (nSPS) is 12.4. The molecule has 0 spiro atoms. The van der Waals surface area contributed by atoms with Crippen LogP contribution in [-0.4, -0.2) is 22.7 Å². The monoisotopic (exact) mass is 391 g/mol. The highest BCUT2D eigenvalue weighted by Crippen LogP contribution is 2.49. The van der Waals surface area contributed by atoms with Crippen LogP contribution in [0.25, 0.3) is 0 Å². The minimum absolute atomic E-state index is 0.00119. The number of nitrogens with one attached hydrogen (secondary N) is 1. The van der Waals surface area contributed by atoms with Gasteiger partial charge in [-0.2, -0.15) is 0 Å². The number of anilines is 1. The lowest BCUT2D eigenvalue weighted by Crippen LogP contribution is -2.16. The standard InChI is InChI=1S/C22H17NO4S/c24-20(23-15-11-9-14(10-12-15)22(25)26)13-28-21-16-5-1-3-7-18(16)27-19-8-4-2-6-17(19)21/h1-12,21H,13H2,(H,23,24)(H,25,26). The van der Waals surface area contributed by atoms with Crippen LogP contribution in [0.1, 0.15) is 26.7 Å². The SMILES string of the molecule is O=C(CSC1c2ccccc2Oc2ccccc21)Nc1ccc(C(=O)O)cc1. The molecule has 0 aliphatic carbocycles. The van der Waals surface area contributed by atoms with E-state index in [0.29, 0.717) is 5.69 Å². The van der Waals surface area contributed by atoms with Crippen molar-refractivity contribution in [1.82, 2.24) is 0 Å². The fraction of sp³-hybridized carbons (Fsp3) is 0.0909. The number of hydrogen-bond donors (Lipinski definition) is 2. The molecule has 5 nitrogen and oxygen atoms in total. The molecule has 28 heavy (non-hydrogen) atoms. The van der Waals surface area contributed by atoms with Gasteiger partial charge in [0.1, 0.15) is 11.5 Å². The number of benzene rings is 3. The second-order valence-electron chi connectivity index (χ2n) is 6.30. The minimum atomic E-state index is -0.995. The molecule has 3 aromatic carbocycles. The van der Waals surface area contributed by atoms with E-state index in [1.165, 1.54) is 23.9 Å². The van der Waals surface area contributed by atoms with Crippen LogP contribution in [0, 0.1) is 0 Å². The first kappa shape index (κ1) is 18.1. The van der Waals surface area contributed by atoms with Crippen LogP contribution < -0.4 is 10.1 Å². The Morgan fingerprint density at radius 3 is 2.04 bits per heavy atom. The number of thioether (sulfide) groups is 1. The van der Waals surface area contributed by atoms with Gasteiger partial charge < -0.3 is 15.2 Å². The van der Waals surface area contributed by atoms with Gasteiger partial charge in [0.25, 0.3) is 0 Å². The summed E-state index contributed by atoms with van der Waals surface area (Å²) in [6.45, 7) is 0. The number of carbonyl (C=O) groups excluding carboxylic acids is 1. The van der Waals surface area contributed by atoms with Crippen LogP contribution in [0.15, 0.2) is 72.8 Å². The van der Waals surface area contributed by atoms with Crippen molar-refractivity contribution >= 4 is 29.3 Å². The molecule has 1 amide bonds. The van der Waals surface area contributed by atoms with E-state index in [4.69, 9.17) is 9.84 Å². The van der Waals surface area contributed by atoms with Gasteiger partial charge in [-0.05, 0) is 36.4 Å². The number of rotatable bonds is 5. The van der Waals surface area contributed by atoms with Crippen LogP contribution in [0.2, 0.25) is 0 Å². The maximum Gasteiger partial charge on any atom is 0.335 e. The van der Waals surface area contributed by atoms with Crippen molar-refractivity contribution in [1.29, 1.82) is 0 Å². The van der Waals surface area contributed by atoms with E-state index in [9.17, 15) is 9.59 Å². The Hall–Kier alpha value is -3.25. The molecule has 0 atom stereocenters. The molecule has 0 bridgehead atoms. The van der Waals surface area contributed by atoms with Gasteiger partial charge in [-0.3, -0.25) is 4.79 Å². The first-order chi connectivity index (χ1) is 13.6. The van der Waals surface area contributed by atoms with Gasteiger partial charge in [0, 0.05) is 16.8 Å².